The molecule has 5 heteroatoms. The van der Waals surface area contributed by atoms with Crippen molar-refractivity contribution in [2.75, 3.05) is 20.8 Å². The molecule has 0 N–H and O–H groups in total. The maximum absolute atomic E-state index is 11.3. The molecule has 0 saturated heterocycles. The molecule has 0 aliphatic carbocycles. The molecule has 0 amide bonds. The summed E-state index contributed by atoms with van der Waals surface area (Å²) >= 11 is 0. The van der Waals surface area contributed by atoms with Gasteiger partial charge in [0, 0.05) is 27.1 Å². The number of hydrogen-bond acceptors (Lipinski definition) is 5. The van der Waals surface area contributed by atoms with Crippen LogP contribution < -0.4 is 0 Å². The van der Waals surface area contributed by atoms with Crippen molar-refractivity contribution in [3.05, 3.63) is 0 Å². The van der Waals surface area contributed by atoms with Crippen LogP contribution in [0.4, 0.5) is 0 Å². The molecule has 0 aromatic rings. The first-order valence-corrected chi connectivity index (χ1v) is 4.86. The SMILES string of the molecule is CCOC(=O)CC(=O)CCC(OC)OC. The molecule has 0 radical (unpaired) electrons. The molecule has 0 spiro atoms. The lowest BCUT2D eigenvalue weighted by atomic mass is 10.1. The van der Waals surface area contributed by atoms with Gasteiger partial charge < -0.3 is 14.2 Å². The molecule has 0 rings (SSSR count). The van der Waals surface area contributed by atoms with Crippen LogP contribution in [0.5, 0.6) is 0 Å². The van der Waals surface area contributed by atoms with E-state index in [9.17, 15) is 9.59 Å². The van der Waals surface area contributed by atoms with Crippen LogP contribution in [0, 0.1) is 0 Å². The van der Waals surface area contributed by atoms with Crippen LogP contribution in [0.15, 0.2) is 0 Å². The van der Waals surface area contributed by atoms with Crippen LogP contribution in [0.25, 0.3) is 0 Å². The van der Waals surface area contributed by atoms with Gasteiger partial charge in [0.25, 0.3) is 0 Å². The van der Waals surface area contributed by atoms with Crippen LogP contribution in [0.3, 0.4) is 0 Å². The van der Waals surface area contributed by atoms with Crippen molar-refractivity contribution in [1.29, 1.82) is 0 Å². The number of ketones is 1. The fourth-order valence-electron chi connectivity index (χ4n) is 1.07. The van der Waals surface area contributed by atoms with Crippen LogP contribution >= 0.6 is 0 Å². The number of Topliss-reactive ketones (excluding diaryl/α,β-unsaturated/α-hetero) is 1. The minimum atomic E-state index is -0.478. The van der Waals surface area contributed by atoms with E-state index >= 15 is 0 Å². The van der Waals surface area contributed by atoms with E-state index in [0.29, 0.717) is 13.0 Å². The molecule has 88 valence electrons. The molecular weight excluding hydrogens is 200 g/mol. The van der Waals surface area contributed by atoms with E-state index in [1.165, 1.54) is 14.2 Å². The molecule has 15 heavy (non-hydrogen) atoms. The average Bonchev–Trinajstić information content (AvgIpc) is 2.19. The highest BCUT2D eigenvalue weighted by Crippen LogP contribution is 2.04. The molecule has 0 aliphatic rings. The Morgan fingerprint density at radius 2 is 1.80 bits per heavy atom. The van der Waals surface area contributed by atoms with Crippen molar-refractivity contribution in [1.82, 2.24) is 0 Å². The van der Waals surface area contributed by atoms with Gasteiger partial charge in [-0.2, -0.15) is 0 Å². The highest BCUT2D eigenvalue weighted by molar-refractivity contribution is 5.95. The van der Waals surface area contributed by atoms with Gasteiger partial charge >= 0.3 is 5.97 Å². The van der Waals surface area contributed by atoms with Gasteiger partial charge in [-0.25, -0.2) is 0 Å². The molecule has 0 aliphatic heterocycles. The zero-order valence-corrected chi connectivity index (χ0v) is 9.45. The summed E-state index contributed by atoms with van der Waals surface area (Å²) in [4.78, 5) is 22.2. The number of methoxy groups -OCH3 is 2. The Hall–Kier alpha value is -0.940. The fraction of sp³-hybridized carbons (Fsp3) is 0.800. The highest BCUT2D eigenvalue weighted by Gasteiger charge is 2.13. The van der Waals surface area contributed by atoms with Gasteiger partial charge in [-0.15, -0.1) is 0 Å². The summed E-state index contributed by atoms with van der Waals surface area (Å²) in [7, 11) is 3.01. The summed E-state index contributed by atoms with van der Waals surface area (Å²) < 4.78 is 14.5. The van der Waals surface area contributed by atoms with E-state index in [1.54, 1.807) is 6.92 Å². The van der Waals surface area contributed by atoms with Gasteiger partial charge in [-0.05, 0) is 6.92 Å². The van der Waals surface area contributed by atoms with Gasteiger partial charge in [-0.3, -0.25) is 9.59 Å². The minimum Gasteiger partial charge on any atom is -0.466 e. The third-order valence-electron chi connectivity index (χ3n) is 1.83. The fourth-order valence-corrected chi connectivity index (χ4v) is 1.07. The van der Waals surface area contributed by atoms with E-state index in [2.05, 4.69) is 4.74 Å². The lowest BCUT2D eigenvalue weighted by molar-refractivity contribution is -0.146. The summed E-state index contributed by atoms with van der Waals surface area (Å²) in [5.41, 5.74) is 0. The van der Waals surface area contributed by atoms with E-state index in [0.717, 1.165) is 0 Å². The third-order valence-corrected chi connectivity index (χ3v) is 1.83. The smallest absolute Gasteiger partial charge is 0.313 e. The predicted octanol–water partition coefficient (Wildman–Crippen LogP) is 0.908. The summed E-state index contributed by atoms with van der Waals surface area (Å²) in [6.45, 7) is 2.00. The summed E-state index contributed by atoms with van der Waals surface area (Å²) in [5.74, 6) is -0.638. The molecule has 0 saturated carbocycles. The van der Waals surface area contributed by atoms with E-state index in [-0.39, 0.29) is 18.6 Å². The molecule has 5 nitrogen and oxygen atoms in total. The second-order valence-corrected chi connectivity index (χ2v) is 2.96. The minimum absolute atomic E-state index is 0.160. The number of ether oxygens (including phenoxy) is 3. The zero-order valence-electron chi connectivity index (χ0n) is 9.45. The van der Waals surface area contributed by atoms with Crippen molar-refractivity contribution in [3.8, 4) is 0 Å². The summed E-state index contributed by atoms with van der Waals surface area (Å²) in [6, 6.07) is 0. The number of rotatable bonds is 8. The first-order chi connectivity index (χ1) is 7.13. The summed E-state index contributed by atoms with van der Waals surface area (Å²) in [6.07, 6.45) is 0.140. The van der Waals surface area contributed by atoms with Crippen LogP contribution in [-0.4, -0.2) is 38.9 Å². The van der Waals surface area contributed by atoms with Crippen molar-refractivity contribution in [2.45, 2.75) is 32.5 Å². The quantitative estimate of drug-likeness (QED) is 0.344. The predicted molar refractivity (Wildman–Crippen MR) is 53.3 cm³/mol. The Bertz CT molecular complexity index is 198. The molecular formula is C10H18O5. The van der Waals surface area contributed by atoms with Crippen LogP contribution in [0.1, 0.15) is 26.2 Å². The topological polar surface area (TPSA) is 61.8 Å². The Morgan fingerprint density at radius 3 is 2.27 bits per heavy atom. The first kappa shape index (κ1) is 14.1. The molecule has 0 fully saturated rings. The van der Waals surface area contributed by atoms with Crippen LogP contribution in [-0.2, 0) is 23.8 Å². The van der Waals surface area contributed by atoms with Gasteiger partial charge in [0.2, 0.25) is 0 Å². The first-order valence-electron chi connectivity index (χ1n) is 4.86. The lowest BCUT2D eigenvalue weighted by Crippen LogP contribution is -2.17. The van der Waals surface area contributed by atoms with Gasteiger partial charge in [0.15, 0.2) is 6.29 Å². The van der Waals surface area contributed by atoms with Crippen molar-refractivity contribution >= 4 is 11.8 Å². The largest absolute Gasteiger partial charge is 0.466 e. The highest BCUT2D eigenvalue weighted by atomic mass is 16.7. The van der Waals surface area contributed by atoms with Crippen LogP contribution in [0.2, 0.25) is 0 Å². The van der Waals surface area contributed by atoms with Gasteiger partial charge in [0.1, 0.15) is 12.2 Å². The molecule has 0 unspecified atom stereocenters. The second-order valence-electron chi connectivity index (χ2n) is 2.96. The normalized spacial score (nSPS) is 10.4. The molecule has 0 heterocycles. The van der Waals surface area contributed by atoms with E-state index in [4.69, 9.17) is 9.47 Å². The van der Waals surface area contributed by atoms with Crippen molar-refractivity contribution in [3.63, 3.8) is 0 Å². The molecule has 0 bridgehead atoms. The molecule has 0 aromatic heterocycles. The Labute approximate surface area is 89.7 Å². The maximum Gasteiger partial charge on any atom is 0.313 e. The number of carbonyl (C=O) groups excluding carboxylic acids is 2. The van der Waals surface area contributed by atoms with Gasteiger partial charge in [-0.1, -0.05) is 0 Å². The number of esters is 1. The number of carbonyl (C=O) groups is 2. The third kappa shape index (κ3) is 7.04. The summed E-state index contributed by atoms with van der Waals surface area (Å²) in [5, 5.41) is 0. The maximum atomic E-state index is 11.3. The van der Waals surface area contributed by atoms with E-state index < -0.39 is 12.3 Å². The second kappa shape index (κ2) is 8.38. The standard InChI is InChI=1S/C10H18O5/c1-4-15-9(12)7-8(11)5-6-10(13-2)14-3/h10H,4-7H2,1-3H3. The Kier molecular flexibility index (Phi) is 7.85. The Balaban J connectivity index is 3.69. The monoisotopic (exact) mass is 218 g/mol. The molecule has 0 aromatic carbocycles. The number of hydrogen-bond donors (Lipinski definition) is 0. The zero-order chi connectivity index (χ0) is 11.7. The average molecular weight is 218 g/mol. The molecule has 0 atom stereocenters. The van der Waals surface area contributed by atoms with Crippen molar-refractivity contribution in [2.24, 2.45) is 0 Å². The lowest BCUT2D eigenvalue weighted by Gasteiger charge is -2.11. The van der Waals surface area contributed by atoms with E-state index in [1.807, 2.05) is 0 Å². The van der Waals surface area contributed by atoms with Gasteiger partial charge in [0.05, 0.1) is 6.61 Å². The van der Waals surface area contributed by atoms with Crippen molar-refractivity contribution < 1.29 is 23.8 Å². The Morgan fingerprint density at radius 1 is 1.20 bits per heavy atom.